The lowest BCUT2D eigenvalue weighted by Crippen LogP contribution is -2.19. The van der Waals surface area contributed by atoms with Crippen molar-refractivity contribution in [2.45, 2.75) is 13.5 Å². The number of hydrogen-bond acceptors (Lipinski definition) is 5. The van der Waals surface area contributed by atoms with Gasteiger partial charge in [0.25, 0.3) is 5.91 Å². The second-order valence-corrected chi connectivity index (χ2v) is 8.94. The lowest BCUT2D eigenvalue weighted by atomic mass is 10.1. The van der Waals surface area contributed by atoms with E-state index in [-0.39, 0.29) is 5.91 Å². The van der Waals surface area contributed by atoms with Crippen molar-refractivity contribution < 1.29 is 14.3 Å². The Kier molecular flexibility index (Phi) is 6.82. The molecule has 174 valence electrons. The highest BCUT2D eigenvalue weighted by molar-refractivity contribution is 8.18. The van der Waals surface area contributed by atoms with Crippen LogP contribution in [0.1, 0.15) is 18.1 Å². The van der Waals surface area contributed by atoms with Crippen molar-refractivity contribution in [2.24, 2.45) is 4.99 Å². The summed E-state index contributed by atoms with van der Waals surface area (Å²) in [7, 11) is 0. The number of amidine groups is 1. The first-order valence-corrected chi connectivity index (χ1v) is 12.2. The molecule has 1 saturated heterocycles. The molecular formula is C29H24N2O3S. The number of rotatable bonds is 7. The first-order chi connectivity index (χ1) is 17.2. The van der Waals surface area contributed by atoms with E-state index >= 15 is 0 Å². The van der Waals surface area contributed by atoms with Crippen LogP contribution in [0.5, 0.6) is 11.5 Å². The summed E-state index contributed by atoms with van der Waals surface area (Å²) < 4.78 is 11.5. The molecular weight excluding hydrogens is 456 g/mol. The van der Waals surface area contributed by atoms with Crippen molar-refractivity contribution in [3.63, 3.8) is 0 Å². The van der Waals surface area contributed by atoms with Crippen molar-refractivity contribution in [1.29, 1.82) is 0 Å². The van der Waals surface area contributed by atoms with Gasteiger partial charge >= 0.3 is 0 Å². The number of benzene rings is 4. The van der Waals surface area contributed by atoms with Crippen LogP contribution in [0.25, 0.3) is 16.8 Å². The second-order valence-electron chi connectivity index (χ2n) is 7.90. The van der Waals surface area contributed by atoms with Gasteiger partial charge in [-0.25, -0.2) is 4.99 Å². The van der Waals surface area contributed by atoms with Crippen molar-refractivity contribution in [3.8, 4) is 11.5 Å². The van der Waals surface area contributed by atoms with E-state index in [9.17, 15) is 4.79 Å². The molecule has 5 rings (SSSR count). The average Bonchev–Trinajstić information content (AvgIpc) is 3.23. The summed E-state index contributed by atoms with van der Waals surface area (Å²) in [4.78, 5) is 17.5. The zero-order chi connectivity index (χ0) is 24.0. The van der Waals surface area contributed by atoms with Crippen molar-refractivity contribution in [2.75, 3.05) is 6.61 Å². The minimum absolute atomic E-state index is 0.157. The molecule has 0 aliphatic carbocycles. The maximum atomic E-state index is 12.4. The van der Waals surface area contributed by atoms with Crippen LogP contribution in [0.3, 0.4) is 0 Å². The number of amides is 1. The number of fused-ring (bicyclic) bond motifs is 1. The van der Waals surface area contributed by atoms with Gasteiger partial charge < -0.3 is 14.8 Å². The van der Waals surface area contributed by atoms with E-state index in [4.69, 9.17) is 9.47 Å². The standard InChI is InChI=1S/C29H24N2O3S/c1-2-33-24-16-12-23(13-17-24)30-29-31-28(32)27(35-29)18-20-10-14-25(15-11-20)34-19-22-8-5-7-21-6-3-4-9-26(21)22/h3-18H,2,19H2,1H3,(H,30,31,32)/b27-18+. The van der Waals surface area contributed by atoms with Crippen LogP contribution >= 0.6 is 11.8 Å². The Hall–Kier alpha value is -4.03. The molecule has 5 nitrogen and oxygen atoms in total. The van der Waals surface area contributed by atoms with Gasteiger partial charge in [-0.15, -0.1) is 0 Å². The van der Waals surface area contributed by atoms with Crippen molar-refractivity contribution in [3.05, 3.63) is 107 Å². The molecule has 1 heterocycles. The molecule has 4 aromatic rings. The largest absolute Gasteiger partial charge is 0.494 e. The Labute approximate surface area is 208 Å². The first kappa shape index (κ1) is 22.7. The predicted molar refractivity (Wildman–Crippen MR) is 143 cm³/mol. The Morgan fingerprint density at radius 1 is 0.857 bits per heavy atom. The predicted octanol–water partition coefficient (Wildman–Crippen LogP) is 6.71. The maximum absolute atomic E-state index is 12.4. The van der Waals surface area contributed by atoms with E-state index in [1.165, 1.54) is 22.5 Å². The average molecular weight is 481 g/mol. The lowest BCUT2D eigenvalue weighted by molar-refractivity contribution is -0.115. The molecule has 0 aromatic heterocycles. The van der Waals surface area contributed by atoms with Gasteiger partial charge in [-0.3, -0.25) is 4.79 Å². The zero-order valence-electron chi connectivity index (χ0n) is 19.2. The third kappa shape index (κ3) is 5.55. The van der Waals surface area contributed by atoms with E-state index in [1.54, 1.807) is 0 Å². The van der Waals surface area contributed by atoms with Crippen LogP contribution in [-0.2, 0) is 11.4 Å². The highest BCUT2D eigenvalue weighted by Gasteiger charge is 2.23. The Bertz CT molecular complexity index is 1410. The molecule has 0 radical (unpaired) electrons. The number of hydrogen-bond donors (Lipinski definition) is 1. The van der Waals surface area contributed by atoms with Crippen LogP contribution in [0, 0.1) is 0 Å². The van der Waals surface area contributed by atoms with Gasteiger partial charge in [0.2, 0.25) is 0 Å². The number of ether oxygens (including phenoxy) is 2. The van der Waals surface area contributed by atoms with Gasteiger partial charge in [0.05, 0.1) is 17.2 Å². The first-order valence-electron chi connectivity index (χ1n) is 11.4. The Morgan fingerprint density at radius 3 is 2.37 bits per heavy atom. The minimum Gasteiger partial charge on any atom is -0.494 e. The summed E-state index contributed by atoms with van der Waals surface area (Å²) in [6.45, 7) is 3.05. The van der Waals surface area contributed by atoms with Crippen LogP contribution < -0.4 is 14.8 Å². The molecule has 0 bridgehead atoms. The van der Waals surface area contributed by atoms with Gasteiger partial charge in [-0.2, -0.15) is 0 Å². The normalized spacial score (nSPS) is 15.5. The molecule has 1 aliphatic rings. The van der Waals surface area contributed by atoms with Gasteiger partial charge in [0.15, 0.2) is 5.17 Å². The topological polar surface area (TPSA) is 59.9 Å². The van der Waals surface area contributed by atoms with E-state index in [0.717, 1.165) is 28.3 Å². The molecule has 1 fully saturated rings. The van der Waals surface area contributed by atoms with Crippen LogP contribution in [0.4, 0.5) is 5.69 Å². The number of carbonyl (C=O) groups is 1. The molecule has 4 aromatic carbocycles. The molecule has 0 unspecified atom stereocenters. The number of nitrogens with zero attached hydrogens (tertiary/aromatic N) is 1. The molecule has 1 aliphatic heterocycles. The van der Waals surface area contributed by atoms with E-state index < -0.39 is 0 Å². The smallest absolute Gasteiger partial charge is 0.264 e. The number of carbonyl (C=O) groups excluding carboxylic acids is 1. The molecule has 0 atom stereocenters. The fourth-order valence-corrected chi connectivity index (χ4v) is 4.61. The molecule has 0 saturated carbocycles. The quantitative estimate of drug-likeness (QED) is 0.299. The number of nitrogens with one attached hydrogen (secondary N) is 1. The third-order valence-electron chi connectivity index (χ3n) is 5.48. The van der Waals surface area contributed by atoms with E-state index in [2.05, 4.69) is 34.6 Å². The minimum atomic E-state index is -0.157. The van der Waals surface area contributed by atoms with E-state index in [0.29, 0.717) is 23.3 Å². The van der Waals surface area contributed by atoms with E-state index in [1.807, 2.05) is 79.7 Å². The molecule has 35 heavy (non-hydrogen) atoms. The summed E-state index contributed by atoms with van der Waals surface area (Å²) in [5.41, 5.74) is 2.82. The van der Waals surface area contributed by atoms with Crippen LogP contribution in [-0.4, -0.2) is 17.7 Å². The Balaban J connectivity index is 1.23. The monoisotopic (exact) mass is 480 g/mol. The van der Waals surface area contributed by atoms with Crippen LogP contribution in [0.15, 0.2) is 101 Å². The molecule has 0 spiro atoms. The summed E-state index contributed by atoms with van der Waals surface area (Å²) in [5, 5.41) is 5.78. The lowest BCUT2D eigenvalue weighted by Gasteiger charge is -2.09. The molecule has 6 heteroatoms. The van der Waals surface area contributed by atoms with Crippen molar-refractivity contribution >= 4 is 45.4 Å². The van der Waals surface area contributed by atoms with Gasteiger partial charge in [-0.1, -0.05) is 54.6 Å². The SMILES string of the molecule is CCOc1ccc(N=C2NC(=O)/C(=C\c3ccc(OCc4cccc5ccccc45)cc3)S2)cc1. The molecule has 1 amide bonds. The Morgan fingerprint density at radius 2 is 1.57 bits per heavy atom. The molecule has 1 N–H and O–H groups in total. The fraction of sp³-hybridized carbons (Fsp3) is 0.103. The summed E-state index contributed by atoms with van der Waals surface area (Å²) in [6.07, 6.45) is 1.86. The number of thioether (sulfide) groups is 1. The summed E-state index contributed by atoms with van der Waals surface area (Å²) in [6, 6.07) is 29.7. The maximum Gasteiger partial charge on any atom is 0.264 e. The zero-order valence-corrected chi connectivity index (χ0v) is 20.0. The number of aliphatic imine (C=N–C) groups is 1. The summed E-state index contributed by atoms with van der Waals surface area (Å²) in [5.74, 6) is 1.42. The fourth-order valence-electron chi connectivity index (χ4n) is 3.77. The summed E-state index contributed by atoms with van der Waals surface area (Å²) >= 11 is 1.32. The van der Waals surface area contributed by atoms with Gasteiger partial charge in [0.1, 0.15) is 18.1 Å². The van der Waals surface area contributed by atoms with Crippen LogP contribution in [0.2, 0.25) is 0 Å². The van der Waals surface area contributed by atoms with Crippen molar-refractivity contribution in [1.82, 2.24) is 5.32 Å². The third-order valence-corrected chi connectivity index (χ3v) is 6.39. The van der Waals surface area contributed by atoms with Gasteiger partial charge in [-0.05, 0) is 83.1 Å². The highest BCUT2D eigenvalue weighted by atomic mass is 32.2. The second kappa shape index (κ2) is 10.5. The van der Waals surface area contributed by atoms with Gasteiger partial charge in [0, 0.05) is 0 Å². The highest BCUT2D eigenvalue weighted by Crippen LogP contribution is 2.29.